The van der Waals surface area contributed by atoms with E-state index in [0.717, 1.165) is 17.6 Å². The molecule has 0 aliphatic rings. The van der Waals surface area contributed by atoms with Gasteiger partial charge in [0.1, 0.15) is 5.56 Å². The fourth-order valence-corrected chi connectivity index (χ4v) is 1.90. The zero-order valence-electron chi connectivity index (χ0n) is 9.11. The van der Waals surface area contributed by atoms with Crippen molar-refractivity contribution >= 4 is 15.9 Å². The molecular formula is C12H13Br3N2. The molecule has 0 saturated carbocycles. The average molecular weight is 425 g/mol. The van der Waals surface area contributed by atoms with E-state index in [1.54, 1.807) is 0 Å². The predicted octanol–water partition coefficient (Wildman–Crippen LogP) is -4.14. The largest absolute Gasteiger partial charge is 1.00 e. The molecule has 2 aromatic heterocycles. The summed E-state index contributed by atoms with van der Waals surface area (Å²) < 4.78 is 2.17. The van der Waals surface area contributed by atoms with Crippen molar-refractivity contribution in [3.8, 4) is 11.3 Å². The third kappa shape index (κ3) is 4.85. The fourth-order valence-electron chi connectivity index (χ4n) is 1.49. The Balaban J connectivity index is 0.00000128. The van der Waals surface area contributed by atoms with Gasteiger partial charge in [-0.2, -0.15) is 0 Å². The zero-order valence-corrected chi connectivity index (χ0v) is 13.9. The maximum atomic E-state index is 3.44. The first-order valence-electron chi connectivity index (χ1n) is 4.92. The van der Waals surface area contributed by atoms with Crippen molar-refractivity contribution < 1.29 is 43.5 Å². The van der Waals surface area contributed by atoms with Gasteiger partial charge in [-0.3, -0.25) is 0 Å². The maximum absolute atomic E-state index is 3.44. The number of pyridine rings is 2. The van der Waals surface area contributed by atoms with Gasteiger partial charge in [-0.1, -0.05) is 15.9 Å². The van der Waals surface area contributed by atoms with Crippen LogP contribution in [-0.4, -0.2) is 5.33 Å². The van der Waals surface area contributed by atoms with E-state index in [1.165, 1.54) is 5.56 Å². The Morgan fingerprint density at radius 2 is 1.94 bits per heavy atom. The van der Waals surface area contributed by atoms with Crippen LogP contribution in [0.5, 0.6) is 0 Å². The van der Waals surface area contributed by atoms with Gasteiger partial charge in [0.05, 0.1) is 5.33 Å². The number of hydrogen-bond acceptors (Lipinski definition) is 0. The maximum Gasteiger partial charge on any atom is 0.216 e. The van der Waals surface area contributed by atoms with E-state index in [-0.39, 0.29) is 34.0 Å². The van der Waals surface area contributed by atoms with E-state index < -0.39 is 0 Å². The minimum absolute atomic E-state index is 0. The first kappa shape index (κ1) is 16.7. The van der Waals surface area contributed by atoms with Crippen LogP contribution in [0.3, 0.4) is 0 Å². The Morgan fingerprint density at radius 1 is 1.12 bits per heavy atom. The SMILES string of the molecule is BrCC[n+]1cccc(-c2cccc[nH+]2)c1.[Br-].[Br-]. The minimum Gasteiger partial charge on any atom is -1.00 e. The number of nitrogens with zero attached hydrogens (tertiary/aromatic N) is 1. The molecule has 0 bridgehead atoms. The molecule has 17 heavy (non-hydrogen) atoms. The summed E-state index contributed by atoms with van der Waals surface area (Å²) >= 11 is 3.44. The molecule has 2 heterocycles. The number of halogens is 3. The highest BCUT2D eigenvalue weighted by molar-refractivity contribution is 9.09. The Bertz CT molecular complexity index is 435. The summed E-state index contributed by atoms with van der Waals surface area (Å²) in [4.78, 5) is 3.23. The van der Waals surface area contributed by atoms with E-state index in [4.69, 9.17) is 0 Å². The highest BCUT2D eigenvalue weighted by Gasteiger charge is 2.08. The van der Waals surface area contributed by atoms with Gasteiger partial charge in [0.25, 0.3) is 0 Å². The summed E-state index contributed by atoms with van der Waals surface area (Å²) in [6.07, 6.45) is 6.16. The monoisotopic (exact) mass is 422 g/mol. The average Bonchev–Trinajstić information content (AvgIpc) is 2.31. The molecular weight excluding hydrogens is 412 g/mol. The third-order valence-corrected chi connectivity index (χ3v) is 2.58. The van der Waals surface area contributed by atoms with Crippen LogP contribution in [-0.2, 0) is 6.54 Å². The third-order valence-electron chi connectivity index (χ3n) is 2.22. The van der Waals surface area contributed by atoms with Gasteiger partial charge < -0.3 is 34.0 Å². The van der Waals surface area contributed by atoms with Crippen LogP contribution in [0.25, 0.3) is 11.3 Å². The van der Waals surface area contributed by atoms with Crippen molar-refractivity contribution in [2.24, 2.45) is 0 Å². The molecule has 92 valence electrons. The molecule has 2 nitrogen and oxygen atoms in total. The van der Waals surface area contributed by atoms with Gasteiger partial charge in [-0.15, -0.1) is 0 Å². The highest BCUT2D eigenvalue weighted by Crippen LogP contribution is 2.09. The van der Waals surface area contributed by atoms with Gasteiger partial charge in [-0.25, -0.2) is 9.55 Å². The van der Waals surface area contributed by atoms with E-state index in [2.05, 4.69) is 56.1 Å². The first-order chi connectivity index (χ1) is 7.40. The lowest BCUT2D eigenvalue weighted by Crippen LogP contribution is -3.00. The molecule has 0 atom stereocenters. The smallest absolute Gasteiger partial charge is 0.216 e. The molecule has 0 aliphatic heterocycles. The molecule has 2 rings (SSSR count). The van der Waals surface area contributed by atoms with Crippen LogP contribution in [0, 0.1) is 0 Å². The Hall–Kier alpha value is -0.260. The Kier molecular flexibility index (Phi) is 8.64. The Morgan fingerprint density at radius 3 is 2.59 bits per heavy atom. The lowest BCUT2D eigenvalue weighted by atomic mass is 10.2. The molecule has 0 radical (unpaired) electrons. The number of nitrogens with one attached hydrogen (secondary N) is 1. The van der Waals surface area contributed by atoms with Crippen LogP contribution in [0.15, 0.2) is 48.9 Å². The number of rotatable bonds is 3. The van der Waals surface area contributed by atoms with E-state index in [0.29, 0.717) is 0 Å². The Labute approximate surface area is 131 Å². The van der Waals surface area contributed by atoms with Crippen molar-refractivity contribution in [1.82, 2.24) is 0 Å². The minimum atomic E-state index is 0. The van der Waals surface area contributed by atoms with E-state index >= 15 is 0 Å². The number of alkyl halides is 1. The summed E-state index contributed by atoms with van der Waals surface area (Å²) in [5.41, 5.74) is 2.35. The number of aromatic nitrogens is 2. The standard InChI is InChI=1S/C12H12BrN2.2BrH/c13-6-9-15-8-3-4-11(10-15)12-5-1-2-7-14-12;;/h1-5,7-8,10H,6,9H2;2*1H/q+1;;/p-1. The zero-order chi connectivity index (χ0) is 10.5. The molecule has 0 amide bonds. The molecule has 0 spiro atoms. The van der Waals surface area contributed by atoms with Gasteiger partial charge >= 0.3 is 0 Å². The molecule has 0 aliphatic carbocycles. The van der Waals surface area contributed by atoms with Crippen molar-refractivity contribution in [1.29, 1.82) is 0 Å². The second kappa shape index (κ2) is 8.78. The van der Waals surface area contributed by atoms with Gasteiger partial charge in [0.2, 0.25) is 5.69 Å². The lowest BCUT2D eigenvalue weighted by molar-refractivity contribution is -0.691. The van der Waals surface area contributed by atoms with Gasteiger partial charge in [0.15, 0.2) is 25.1 Å². The second-order valence-electron chi connectivity index (χ2n) is 3.30. The number of hydrogen-bond donors (Lipinski definition) is 0. The highest BCUT2D eigenvalue weighted by atomic mass is 79.9. The van der Waals surface area contributed by atoms with Crippen LogP contribution in [0.4, 0.5) is 0 Å². The molecule has 0 aromatic carbocycles. The summed E-state index contributed by atoms with van der Waals surface area (Å²) in [6, 6.07) is 10.3. The summed E-state index contributed by atoms with van der Waals surface area (Å²) in [5, 5.41) is 0.972. The van der Waals surface area contributed by atoms with E-state index in [1.807, 2.05) is 18.3 Å². The molecule has 5 heteroatoms. The fraction of sp³-hybridized carbons (Fsp3) is 0.167. The number of aryl methyl sites for hydroxylation is 1. The van der Waals surface area contributed by atoms with Crippen molar-refractivity contribution in [3.05, 3.63) is 48.9 Å². The van der Waals surface area contributed by atoms with Crippen LogP contribution in [0.1, 0.15) is 0 Å². The lowest BCUT2D eigenvalue weighted by Gasteiger charge is -1.95. The predicted molar refractivity (Wildman–Crippen MR) is 62.4 cm³/mol. The quantitative estimate of drug-likeness (QED) is 0.352. The summed E-state index contributed by atoms with van der Waals surface area (Å²) in [7, 11) is 0. The number of aromatic amines is 1. The molecule has 1 N–H and O–H groups in total. The van der Waals surface area contributed by atoms with Crippen LogP contribution >= 0.6 is 15.9 Å². The van der Waals surface area contributed by atoms with Gasteiger partial charge in [0, 0.05) is 18.2 Å². The second-order valence-corrected chi connectivity index (χ2v) is 4.09. The van der Waals surface area contributed by atoms with Crippen LogP contribution < -0.4 is 43.5 Å². The molecule has 0 unspecified atom stereocenters. The van der Waals surface area contributed by atoms with Crippen LogP contribution in [0.2, 0.25) is 0 Å². The first-order valence-corrected chi connectivity index (χ1v) is 6.04. The topological polar surface area (TPSA) is 18.0 Å². The van der Waals surface area contributed by atoms with Crippen molar-refractivity contribution in [2.45, 2.75) is 6.54 Å². The van der Waals surface area contributed by atoms with E-state index in [9.17, 15) is 0 Å². The molecule has 2 aromatic rings. The van der Waals surface area contributed by atoms with Gasteiger partial charge in [-0.05, 0) is 12.1 Å². The van der Waals surface area contributed by atoms with Crippen molar-refractivity contribution in [2.75, 3.05) is 5.33 Å². The van der Waals surface area contributed by atoms with Crippen molar-refractivity contribution in [3.63, 3.8) is 0 Å². The summed E-state index contributed by atoms with van der Waals surface area (Å²) in [5.74, 6) is 0. The molecule has 0 fully saturated rings. The number of H-pyrrole nitrogens is 1. The normalized spacial score (nSPS) is 9.00. The molecule has 0 saturated heterocycles. The summed E-state index contributed by atoms with van der Waals surface area (Å²) in [6.45, 7) is 0.987.